The summed E-state index contributed by atoms with van der Waals surface area (Å²) >= 11 is 0. The molecule has 0 spiro atoms. The molecule has 14 N–H and O–H groups in total. The minimum Gasteiger partial charge on any atom is -0.390 e. The fraction of sp³-hybridized carbons (Fsp3) is 0.636. The van der Waals surface area contributed by atoms with Crippen molar-refractivity contribution in [3.05, 3.63) is 41.7 Å². The third kappa shape index (κ3) is 8.11. The number of unbranched alkanes of at least 4 members (excludes halogenated alkanes) is 5. The van der Waals surface area contributed by atoms with Crippen molar-refractivity contribution in [2.24, 2.45) is 22.9 Å². The highest BCUT2D eigenvalue weighted by atomic mass is 16.7. The Balaban J connectivity index is 1.01. The van der Waals surface area contributed by atoms with Crippen LogP contribution in [0, 0.1) is 6.92 Å². The van der Waals surface area contributed by atoms with Crippen molar-refractivity contribution in [1.29, 1.82) is 0 Å². The molecule has 0 radical (unpaired) electrons. The lowest BCUT2D eigenvalue weighted by atomic mass is 9.82. The molecule has 1 saturated carbocycles. The molecule has 1 aliphatic heterocycles. The number of aromatic amines is 1. The molecule has 2 fully saturated rings. The van der Waals surface area contributed by atoms with E-state index in [1.807, 2.05) is 37.3 Å². The van der Waals surface area contributed by atoms with Crippen LogP contribution >= 0.6 is 0 Å². The van der Waals surface area contributed by atoms with E-state index in [4.69, 9.17) is 32.4 Å². The van der Waals surface area contributed by atoms with E-state index in [1.165, 1.54) is 0 Å². The Bertz CT molecular complexity index is 1470. The molecule has 47 heavy (non-hydrogen) atoms. The summed E-state index contributed by atoms with van der Waals surface area (Å²) < 4.78 is 11.9. The summed E-state index contributed by atoms with van der Waals surface area (Å²) in [6.45, 7) is 3.10. The molecular formula is C33H52N8O6. The Morgan fingerprint density at radius 2 is 1.68 bits per heavy atom. The standard InChI is InChI=1S/C33H52N8O6/c1-17-26-19(18-10-6-7-11-22(18)41-26)14-23(40-17)32(45)39-13-9-5-3-2-4-8-12-38-27-28(42)20(35)15-21(36)31(27)47-33-25(37)30(44)29(43)24(16-34)46-33/h6-7,10-11,14,20-21,24-25,27-31,33,38,41-44H,2-5,8-9,12-13,15-16,34-37H2,1H3,(H,39,45)/t20-,21+,24-,25-,27+,28+,29-,30-,31-,33-/m1/s1. The normalized spacial score (nSPS) is 31.4. The number of carbonyl (C=O) groups excluding carboxylic acids is 1. The van der Waals surface area contributed by atoms with Gasteiger partial charge in [0.2, 0.25) is 0 Å². The van der Waals surface area contributed by atoms with Crippen LogP contribution in [0.15, 0.2) is 30.3 Å². The Morgan fingerprint density at radius 3 is 2.43 bits per heavy atom. The lowest BCUT2D eigenvalue weighted by Crippen LogP contribution is -2.69. The Hall–Kier alpha value is -2.76. The number of hydrogen-bond acceptors (Lipinski definition) is 12. The first-order valence-electron chi connectivity index (χ1n) is 16.8. The van der Waals surface area contributed by atoms with Crippen LogP contribution in [0.2, 0.25) is 0 Å². The van der Waals surface area contributed by atoms with E-state index >= 15 is 0 Å². The number of rotatable bonds is 14. The fourth-order valence-corrected chi connectivity index (χ4v) is 6.80. The molecule has 260 valence electrons. The molecule has 2 aromatic heterocycles. The van der Waals surface area contributed by atoms with E-state index in [9.17, 15) is 20.1 Å². The van der Waals surface area contributed by atoms with Gasteiger partial charge in [-0.05, 0) is 44.9 Å². The van der Waals surface area contributed by atoms with Gasteiger partial charge in [0.25, 0.3) is 5.91 Å². The number of nitrogens with one attached hydrogen (secondary N) is 3. The van der Waals surface area contributed by atoms with Crippen molar-refractivity contribution in [1.82, 2.24) is 20.6 Å². The minimum atomic E-state index is -1.28. The van der Waals surface area contributed by atoms with Gasteiger partial charge in [0.05, 0.1) is 35.5 Å². The molecule has 0 unspecified atom stereocenters. The zero-order chi connectivity index (χ0) is 33.7. The van der Waals surface area contributed by atoms with Crippen molar-refractivity contribution in [2.75, 3.05) is 19.6 Å². The molecule has 1 saturated heterocycles. The fourth-order valence-electron chi connectivity index (χ4n) is 6.80. The molecule has 1 amide bonds. The van der Waals surface area contributed by atoms with E-state index in [0.717, 1.165) is 66.0 Å². The third-order valence-electron chi connectivity index (χ3n) is 9.58. The number of ether oxygens (including phenoxy) is 2. The average molecular weight is 657 g/mol. The molecule has 0 bridgehead atoms. The number of pyridine rings is 1. The number of benzene rings is 1. The quantitative estimate of drug-likeness (QED) is 0.0994. The van der Waals surface area contributed by atoms with Gasteiger partial charge in [0, 0.05) is 41.5 Å². The highest BCUT2D eigenvalue weighted by molar-refractivity contribution is 6.10. The lowest BCUT2D eigenvalue weighted by molar-refractivity contribution is -0.279. The van der Waals surface area contributed by atoms with Gasteiger partial charge in [-0.25, -0.2) is 4.98 Å². The molecule has 3 aromatic rings. The second kappa shape index (κ2) is 16.1. The second-order valence-corrected chi connectivity index (χ2v) is 13.0. The number of aliphatic hydroxyl groups is 3. The van der Waals surface area contributed by atoms with Gasteiger partial charge in [-0.1, -0.05) is 43.9 Å². The van der Waals surface area contributed by atoms with Gasteiger partial charge >= 0.3 is 0 Å². The van der Waals surface area contributed by atoms with Crippen molar-refractivity contribution in [2.45, 2.75) is 113 Å². The van der Waals surface area contributed by atoms with Gasteiger partial charge in [-0.3, -0.25) is 4.79 Å². The summed E-state index contributed by atoms with van der Waals surface area (Å²) in [6.07, 6.45) is 0.153. The molecule has 3 heterocycles. The highest BCUT2D eigenvalue weighted by Gasteiger charge is 2.48. The largest absolute Gasteiger partial charge is 0.390 e. The van der Waals surface area contributed by atoms with E-state index in [-0.39, 0.29) is 12.5 Å². The van der Waals surface area contributed by atoms with Gasteiger partial charge in [-0.15, -0.1) is 0 Å². The van der Waals surface area contributed by atoms with E-state index in [1.54, 1.807) is 0 Å². The van der Waals surface area contributed by atoms with Crippen LogP contribution in [-0.2, 0) is 9.47 Å². The van der Waals surface area contributed by atoms with Crippen molar-refractivity contribution >= 4 is 27.7 Å². The van der Waals surface area contributed by atoms with Gasteiger partial charge in [-0.2, -0.15) is 0 Å². The maximum atomic E-state index is 12.8. The van der Waals surface area contributed by atoms with Crippen molar-refractivity contribution < 1.29 is 29.6 Å². The maximum absolute atomic E-state index is 12.8. The molecule has 10 atom stereocenters. The molecular weight excluding hydrogens is 604 g/mol. The monoisotopic (exact) mass is 656 g/mol. The number of H-pyrrole nitrogens is 1. The number of nitrogens with zero attached hydrogens (tertiary/aromatic N) is 1. The summed E-state index contributed by atoms with van der Waals surface area (Å²) in [4.78, 5) is 20.8. The Kier molecular flexibility index (Phi) is 12.2. The Morgan fingerprint density at radius 1 is 0.979 bits per heavy atom. The Labute approximate surface area is 274 Å². The SMILES string of the molecule is Cc1nc(C(=O)NCCCCCCCCN[C@H]2[C@@H](O)[C@H](N)C[C@H](N)[C@H]2O[C@H]2O[C@H](CN)[C@@H](O)[C@H](O)[C@H]2N)cc2c1[nH]c1ccccc12. The van der Waals surface area contributed by atoms with Crippen LogP contribution in [0.1, 0.15) is 61.1 Å². The number of aryl methyl sites for hydroxylation is 1. The second-order valence-electron chi connectivity index (χ2n) is 13.0. The number of fused-ring (bicyclic) bond motifs is 3. The number of aliphatic hydroxyl groups excluding tert-OH is 3. The van der Waals surface area contributed by atoms with E-state index < -0.39 is 61.0 Å². The number of hydrogen-bond donors (Lipinski definition) is 10. The molecule has 5 rings (SSSR count). The summed E-state index contributed by atoms with van der Waals surface area (Å²) in [6, 6.07) is 7.29. The van der Waals surface area contributed by atoms with Crippen LogP contribution in [0.3, 0.4) is 0 Å². The van der Waals surface area contributed by atoms with Crippen LogP contribution in [0.25, 0.3) is 21.8 Å². The molecule has 14 heteroatoms. The predicted octanol–water partition coefficient (Wildman–Crippen LogP) is -0.410. The topological polar surface area (TPSA) is 253 Å². The zero-order valence-corrected chi connectivity index (χ0v) is 27.1. The van der Waals surface area contributed by atoms with Crippen LogP contribution in [0.4, 0.5) is 0 Å². The third-order valence-corrected chi connectivity index (χ3v) is 9.58. The number of carbonyl (C=O) groups is 1. The van der Waals surface area contributed by atoms with Crippen LogP contribution in [-0.4, -0.2) is 112 Å². The first kappa shape index (κ1) is 35.5. The van der Waals surface area contributed by atoms with Gasteiger partial charge < -0.3 is 63.3 Å². The number of aromatic nitrogens is 2. The first-order chi connectivity index (χ1) is 22.6. The summed E-state index contributed by atoms with van der Waals surface area (Å²) in [5.41, 5.74) is 27.6. The molecule has 2 aliphatic rings. The highest BCUT2D eigenvalue weighted by Crippen LogP contribution is 2.28. The number of para-hydroxylation sites is 1. The summed E-state index contributed by atoms with van der Waals surface area (Å²) in [5, 5.41) is 39.9. The minimum absolute atomic E-state index is 0.0222. The number of nitrogens with two attached hydrogens (primary N) is 4. The van der Waals surface area contributed by atoms with E-state index in [0.29, 0.717) is 25.2 Å². The van der Waals surface area contributed by atoms with Crippen LogP contribution < -0.4 is 33.6 Å². The summed E-state index contributed by atoms with van der Waals surface area (Å²) in [7, 11) is 0. The lowest BCUT2D eigenvalue weighted by Gasteiger charge is -2.47. The molecule has 14 nitrogen and oxygen atoms in total. The predicted molar refractivity (Wildman–Crippen MR) is 179 cm³/mol. The van der Waals surface area contributed by atoms with Gasteiger partial charge in [0.1, 0.15) is 24.0 Å². The maximum Gasteiger partial charge on any atom is 0.269 e. The summed E-state index contributed by atoms with van der Waals surface area (Å²) in [5.74, 6) is -0.164. The first-order valence-corrected chi connectivity index (χ1v) is 16.8. The van der Waals surface area contributed by atoms with Crippen molar-refractivity contribution in [3.63, 3.8) is 0 Å². The van der Waals surface area contributed by atoms with Crippen molar-refractivity contribution in [3.8, 4) is 0 Å². The molecule has 1 aliphatic carbocycles. The smallest absolute Gasteiger partial charge is 0.269 e. The van der Waals surface area contributed by atoms with E-state index in [2.05, 4.69) is 20.6 Å². The molecule has 1 aromatic carbocycles. The average Bonchev–Trinajstić information content (AvgIpc) is 3.44. The number of amides is 1. The zero-order valence-electron chi connectivity index (χ0n) is 27.1. The van der Waals surface area contributed by atoms with Crippen LogP contribution in [0.5, 0.6) is 0 Å². The van der Waals surface area contributed by atoms with Gasteiger partial charge in [0.15, 0.2) is 6.29 Å².